The van der Waals surface area contributed by atoms with Gasteiger partial charge in [-0.3, -0.25) is 19.3 Å². The van der Waals surface area contributed by atoms with E-state index in [-0.39, 0.29) is 24.8 Å². The van der Waals surface area contributed by atoms with Crippen LogP contribution in [0.25, 0.3) is 6.08 Å². The van der Waals surface area contributed by atoms with E-state index in [9.17, 15) is 23.2 Å². The average molecular weight is 478 g/mol. The Hall–Kier alpha value is -3.05. The van der Waals surface area contributed by atoms with Crippen molar-refractivity contribution in [2.75, 3.05) is 19.9 Å². The van der Waals surface area contributed by atoms with Gasteiger partial charge in [-0.05, 0) is 59.8 Å². The van der Waals surface area contributed by atoms with Gasteiger partial charge in [0.25, 0.3) is 22.8 Å². The molecular weight excluding hydrogens is 462 g/mol. The summed E-state index contributed by atoms with van der Waals surface area (Å²) in [7, 11) is 0. The second kappa shape index (κ2) is 9.61. The van der Waals surface area contributed by atoms with Gasteiger partial charge >= 0.3 is 0 Å². The number of rotatable bonds is 7. The lowest BCUT2D eigenvalue weighted by Crippen LogP contribution is -2.37. The van der Waals surface area contributed by atoms with Gasteiger partial charge in [0, 0.05) is 23.5 Å². The number of nitrogens with one attached hydrogen (secondary N) is 1. The molecule has 32 heavy (non-hydrogen) atoms. The van der Waals surface area contributed by atoms with Crippen molar-refractivity contribution in [2.45, 2.75) is 10.7 Å². The molecule has 7 nitrogen and oxygen atoms in total. The van der Waals surface area contributed by atoms with Gasteiger partial charge in [0.15, 0.2) is 11.5 Å². The highest BCUT2D eigenvalue weighted by atomic mass is 32.2. The van der Waals surface area contributed by atoms with Crippen LogP contribution < -0.4 is 14.8 Å². The molecule has 2 aliphatic heterocycles. The number of alkyl halides is 2. The smallest absolute Gasteiger partial charge is 0.293 e. The SMILES string of the molecule is O=C(NCCN1C(=O)S/C(=C\c2ccc3c(c2)OCO3)C1=O)c1ccc(SC(F)F)cc1. The van der Waals surface area contributed by atoms with E-state index in [1.807, 2.05) is 0 Å². The Balaban J connectivity index is 1.32. The average Bonchev–Trinajstić information content (AvgIpc) is 3.33. The highest BCUT2D eigenvalue weighted by molar-refractivity contribution is 8.18. The fourth-order valence-electron chi connectivity index (χ4n) is 3.02. The summed E-state index contributed by atoms with van der Waals surface area (Å²) in [5, 5.41) is 2.19. The van der Waals surface area contributed by atoms with E-state index in [4.69, 9.17) is 9.47 Å². The van der Waals surface area contributed by atoms with Crippen LogP contribution in [0.4, 0.5) is 13.6 Å². The Bertz CT molecular complexity index is 1090. The number of fused-ring (bicyclic) bond motifs is 1. The molecule has 2 heterocycles. The van der Waals surface area contributed by atoms with Gasteiger partial charge in [0.05, 0.1) is 4.91 Å². The van der Waals surface area contributed by atoms with Gasteiger partial charge in [-0.2, -0.15) is 8.78 Å². The number of carbonyl (C=O) groups excluding carboxylic acids is 3. The molecule has 0 unspecified atom stereocenters. The van der Waals surface area contributed by atoms with Crippen LogP contribution in [-0.4, -0.2) is 47.6 Å². The molecule has 0 spiro atoms. The van der Waals surface area contributed by atoms with Gasteiger partial charge in [-0.25, -0.2) is 0 Å². The number of nitrogens with zero attached hydrogens (tertiary/aromatic N) is 1. The van der Waals surface area contributed by atoms with Crippen molar-refractivity contribution in [1.29, 1.82) is 0 Å². The third-order valence-electron chi connectivity index (χ3n) is 4.53. The molecule has 1 saturated heterocycles. The summed E-state index contributed by atoms with van der Waals surface area (Å²) >= 11 is 1.21. The third-order valence-corrected chi connectivity index (χ3v) is 6.16. The Morgan fingerprint density at radius 3 is 2.66 bits per heavy atom. The summed E-state index contributed by atoms with van der Waals surface area (Å²) in [4.78, 5) is 38.8. The van der Waals surface area contributed by atoms with E-state index < -0.39 is 22.8 Å². The number of imide groups is 1. The van der Waals surface area contributed by atoms with Crippen molar-refractivity contribution in [1.82, 2.24) is 10.2 Å². The molecule has 0 atom stereocenters. The highest BCUT2D eigenvalue weighted by Crippen LogP contribution is 2.36. The van der Waals surface area contributed by atoms with Crippen molar-refractivity contribution < 1.29 is 32.6 Å². The Morgan fingerprint density at radius 2 is 1.91 bits per heavy atom. The molecule has 0 radical (unpaired) electrons. The third kappa shape index (κ3) is 5.05. The van der Waals surface area contributed by atoms with E-state index >= 15 is 0 Å². The van der Waals surface area contributed by atoms with Crippen molar-refractivity contribution in [3.8, 4) is 11.5 Å². The first-order valence-electron chi connectivity index (χ1n) is 9.39. The van der Waals surface area contributed by atoms with Crippen LogP contribution in [0, 0.1) is 0 Å². The Labute approximate surface area is 190 Å². The molecule has 0 saturated carbocycles. The van der Waals surface area contributed by atoms with Gasteiger partial charge < -0.3 is 14.8 Å². The first-order valence-corrected chi connectivity index (χ1v) is 11.1. The predicted octanol–water partition coefficient (Wildman–Crippen LogP) is 4.20. The normalized spacial score (nSPS) is 16.3. The molecule has 2 aromatic rings. The van der Waals surface area contributed by atoms with Crippen LogP contribution >= 0.6 is 23.5 Å². The molecule has 4 rings (SSSR count). The number of hydrogen-bond donors (Lipinski definition) is 1. The fourth-order valence-corrected chi connectivity index (χ4v) is 4.38. The molecule has 0 aromatic heterocycles. The number of hydrogen-bond acceptors (Lipinski definition) is 7. The molecule has 1 N–H and O–H groups in total. The molecule has 0 aliphatic carbocycles. The minimum absolute atomic E-state index is 0.00814. The lowest BCUT2D eigenvalue weighted by molar-refractivity contribution is -0.122. The lowest BCUT2D eigenvalue weighted by Gasteiger charge is -2.13. The molecule has 0 bridgehead atoms. The number of carbonyl (C=O) groups is 3. The van der Waals surface area contributed by atoms with E-state index in [0.717, 1.165) is 16.7 Å². The van der Waals surface area contributed by atoms with Crippen LogP contribution in [0.2, 0.25) is 0 Å². The van der Waals surface area contributed by atoms with Crippen LogP contribution in [0.5, 0.6) is 11.5 Å². The molecule has 2 aliphatic rings. The lowest BCUT2D eigenvalue weighted by atomic mass is 10.2. The standard InChI is InChI=1S/C21H16F2N2O5S2/c22-20(23)31-14-4-2-13(3-5-14)18(26)24-7-8-25-19(27)17(32-21(25)28)10-12-1-6-15-16(9-12)30-11-29-15/h1-6,9-10,20H,7-8,11H2,(H,24,26)/b17-10-. The second-order valence-electron chi connectivity index (χ2n) is 6.60. The molecule has 11 heteroatoms. The van der Waals surface area contributed by atoms with Crippen LogP contribution in [-0.2, 0) is 4.79 Å². The van der Waals surface area contributed by atoms with E-state index in [1.54, 1.807) is 24.3 Å². The van der Waals surface area contributed by atoms with E-state index in [0.29, 0.717) is 39.3 Å². The molecule has 166 valence electrons. The largest absolute Gasteiger partial charge is 0.454 e. The first kappa shape index (κ1) is 22.2. The quantitative estimate of drug-likeness (QED) is 0.472. The van der Waals surface area contributed by atoms with Gasteiger partial charge in [-0.1, -0.05) is 17.8 Å². The van der Waals surface area contributed by atoms with Gasteiger partial charge in [0.2, 0.25) is 6.79 Å². The van der Waals surface area contributed by atoms with Crippen molar-refractivity contribution >= 4 is 46.7 Å². The van der Waals surface area contributed by atoms with Crippen LogP contribution in [0.3, 0.4) is 0 Å². The molecule has 1 fully saturated rings. The zero-order valence-electron chi connectivity index (χ0n) is 16.4. The topological polar surface area (TPSA) is 84.9 Å². The number of amides is 3. The fraction of sp³-hybridized carbons (Fsp3) is 0.190. The second-order valence-corrected chi connectivity index (χ2v) is 8.66. The summed E-state index contributed by atoms with van der Waals surface area (Å²) in [5.41, 5.74) is 0.988. The maximum atomic E-state index is 12.6. The summed E-state index contributed by atoms with van der Waals surface area (Å²) in [5.74, 6) is -2.22. The van der Waals surface area contributed by atoms with E-state index in [2.05, 4.69) is 5.32 Å². The van der Waals surface area contributed by atoms with Crippen molar-refractivity contribution in [3.05, 3.63) is 58.5 Å². The zero-order valence-corrected chi connectivity index (χ0v) is 18.0. The van der Waals surface area contributed by atoms with Gasteiger partial charge in [0.1, 0.15) is 0 Å². The molecular formula is C21H16F2N2O5S2. The minimum atomic E-state index is -2.54. The first-order chi connectivity index (χ1) is 15.4. The summed E-state index contributed by atoms with van der Waals surface area (Å²) < 4.78 is 35.3. The summed E-state index contributed by atoms with van der Waals surface area (Å²) in [6.07, 6.45) is 1.60. The molecule has 2 aromatic carbocycles. The highest BCUT2D eigenvalue weighted by Gasteiger charge is 2.34. The Kier molecular flexibility index (Phi) is 6.66. The number of benzene rings is 2. The van der Waals surface area contributed by atoms with E-state index in [1.165, 1.54) is 24.3 Å². The maximum absolute atomic E-state index is 12.6. The van der Waals surface area contributed by atoms with Crippen molar-refractivity contribution in [3.63, 3.8) is 0 Å². The predicted molar refractivity (Wildman–Crippen MR) is 116 cm³/mol. The van der Waals surface area contributed by atoms with Crippen LogP contribution in [0.15, 0.2) is 52.3 Å². The summed E-state index contributed by atoms with van der Waals surface area (Å²) in [6.45, 7) is 0.204. The van der Waals surface area contributed by atoms with Crippen LogP contribution in [0.1, 0.15) is 15.9 Å². The molecule has 3 amide bonds. The number of thioether (sulfide) groups is 2. The van der Waals surface area contributed by atoms with Crippen molar-refractivity contribution in [2.24, 2.45) is 0 Å². The van der Waals surface area contributed by atoms with Gasteiger partial charge in [-0.15, -0.1) is 0 Å². The monoisotopic (exact) mass is 478 g/mol. The minimum Gasteiger partial charge on any atom is -0.454 e. The Morgan fingerprint density at radius 1 is 1.16 bits per heavy atom. The zero-order chi connectivity index (χ0) is 22.7. The maximum Gasteiger partial charge on any atom is 0.293 e. The summed E-state index contributed by atoms with van der Waals surface area (Å²) in [6, 6.07) is 11.0. The number of halogens is 2. The number of ether oxygens (including phenoxy) is 2.